The van der Waals surface area contributed by atoms with Crippen molar-refractivity contribution < 1.29 is 24.5 Å². The number of hydrogen-bond acceptors (Lipinski definition) is 5. The summed E-state index contributed by atoms with van der Waals surface area (Å²) in [7, 11) is 0. The van der Waals surface area contributed by atoms with Crippen LogP contribution >= 0.6 is 0 Å². The number of carbonyl (C=O) groups is 1. The zero-order valence-electron chi connectivity index (χ0n) is 11.8. The highest BCUT2D eigenvalue weighted by atomic mass is 16.6. The Morgan fingerprint density at radius 1 is 1.53 bits per heavy atom. The third-order valence-corrected chi connectivity index (χ3v) is 3.72. The van der Waals surface area contributed by atoms with E-state index in [9.17, 15) is 15.0 Å². The van der Waals surface area contributed by atoms with Gasteiger partial charge < -0.3 is 24.6 Å². The summed E-state index contributed by atoms with van der Waals surface area (Å²) in [5.74, 6) is -0.165. The van der Waals surface area contributed by atoms with E-state index in [1.807, 2.05) is 20.8 Å². The average molecular weight is 273 g/mol. The molecule has 2 saturated heterocycles. The van der Waals surface area contributed by atoms with E-state index in [4.69, 9.17) is 9.47 Å². The first-order valence-corrected chi connectivity index (χ1v) is 6.62. The average Bonchev–Trinajstić information content (AvgIpc) is 2.26. The summed E-state index contributed by atoms with van der Waals surface area (Å²) >= 11 is 0. The fraction of sp³-hybridized carbons (Fsp3) is 0.923. The third-order valence-electron chi connectivity index (χ3n) is 3.72. The van der Waals surface area contributed by atoms with Gasteiger partial charge in [0.2, 0.25) is 0 Å². The molecule has 0 spiro atoms. The van der Waals surface area contributed by atoms with Gasteiger partial charge in [0.25, 0.3) is 0 Å². The number of rotatable bonds is 1. The van der Waals surface area contributed by atoms with Crippen molar-refractivity contribution in [3.05, 3.63) is 0 Å². The van der Waals surface area contributed by atoms with Crippen LogP contribution in [0.25, 0.3) is 0 Å². The minimum atomic E-state index is -0.780. The fourth-order valence-corrected chi connectivity index (χ4v) is 2.76. The van der Waals surface area contributed by atoms with E-state index in [-0.39, 0.29) is 25.7 Å². The van der Waals surface area contributed by atoms with E-state index in [1.54, 1.807) is 4.90 Å². The van der Waals surface area contributed by atoms with E-state index >= 15 is 0 Å². The minimum Gasteiger partial charge on any atom is -0.444 e. The van der Waals surface area contributed by atoms with E-state index in [0.29, 0.717) is 13.2 Å². The molecule has 110 valence electrons. The summed E-state index contributed by atoms with van der Waals surface area (Å²) in [6.45, 7) is 6.57. The quantitative estimate of drug-likeness (QED) is 0.714. The summed E-state index contributed by atoms with van der Waals surface area (Å²) in [6, 6.07) is 0. The molecule has 2 rings (SSSR count). The van der Waals surface area contributed by atoms with Crippen LogP contribution in [0.1, 0.15) is 20.8 Å². The van der Waals surface area contributed by atoms with E-state index in [0.717, 1.165) is 0 Å². The summed E-state index contributed by atoms with van der Waals surface area (Å²) in [5, 5.41) is 19.8. The minimum absolute atomic E-state index is 0.165. The standard InChI is InChI=1S/C13H23NO5/c1-12(2,3)19-11(17)14-4-9-5-18-8-13(6-14,7-15)10(9)16/h9-10,15-16H,4-8H2,1-3H3. The van der Waals surface area contributed by atoms with Crippen molar-refractivity contribution in [3.8, 4) is 0 Å². The van der Waals surface area contributed by atoms with Gasteiger partial charge in [0.05, 0.1) is 31.3 Å². The van der Waals surface area contributed by atoms with Crippen LogP contribution in [-0.4, -0.2) is 65.8 Å². The van der Waals surface area contributed by atoms with Crippen LogP contribution in [0.4, 0.5) is 4.79 Å². The van der Waals surface area contributed by atoms with E-state index < -0.39 is 23.2 Å². The van der Waals surface area contributed by atoms with Gasteiger partial charge in [0.1, 0.15) is 5.60 Å². The maximum Gasteiger partial charge on any atom is 0.410 e. The maximum absolute atomic E-state index is 12.1. The van der Waals surface area contributed by atoms with Crippen molar-refractivity contribution in [2.24, 2.45) is 11.3 Å². The van der Waals surface area contributed by atoms with Crippen molar-refractivity contribution in [1.29, 1.82) is 0 Å². The Bertz CT molecular complexity index is 353. The lowest BCUT2D eigenvalue weighted by Crippen LogP contribution is -2.65. The number of piperidine rings is 1. The van der Waals surface area contributed by atoms with Gasteiger partial charge >= 0.3 is 6.09 Å². The van der Waals surface area contributed by atoms with Crippen LogP contribution < -0.4 is 0 Å². The smallest absolute Gasteiger partial charge is 0.410 e. The highest BCUT2D eigenvalue weighted by molar-refractivity contribution is 5.68. The number of carbonyl (C=O) groups excluding carboxylic acids is 1. The molecule has 0 aromatic rings. The molecule has 0 radical (unpaired) electrons. The summed E-state index contributed by atoms with van der Waals surface area (Å²) in [4.78, 5) is 13.7. The van der Waals surface area contributed by atoms with Crippen LogP contribution in [0.5, 0.6) is 0 Å². The normalized spacial score (nSPS) is 35.1. The number of ether oxygens (including phenoxy) is 2. The molecule has 2 N–H and O–H groups in total. The highest BCUT2D eigenvalue weighted by Gasteiger charge is 2.52. The Balaban J connectivity index is 2.11. The lowest BCUT2D eigenvalue weighted by Gasteiger charge is -2.51. The molecular weight excluding hydrogens is 250 g/mol. The third kappa shape index (κ3) is 2.85. The van der Waals surface area contributed by atoms with Crippen molar-refractivity contribution in [1.82, 2.24) is 4.90 Å². The molecule has 6 heteroatoms. The van der Waals surface area contributed by atoms with Crippen LogP contribution in [-0.2, 0) is 9.47 Å². The molecule has 2 bridgehead atoms. The van der Waals surface area contributed by atoms with Gasteiger partial charge in [-0.1, -0.05) is 0 Å². The molecule has 0 aromatic heterocycles. The van der Waals surface area contributed by atoms with Crippen molar-refractivity contribution in [2.45, 2.75) is 32.5 Å². The molecule has 6 nitrogen and oxygen atoms in total. The van der Waals surface area contributed by atoms with Gasteiger partial charge in [0, 0.05) is 19.0 Å². The molecule has 19 heavy (non-hydrogen) atoms. The van der Waals surface area contributed by atoms with Gasteiger partial charge in [0.15, 0.2) is 0 Å². The number of fused-ring (bicyclic) bond motifs is 2. The number of hydrogen-bond donors (Lipinski definition) is 2. The van der Waals surface area contributed by atoms with Crippen LogP contribution in [0.2, 0.25) is 0 Å². The van der Waals surface area contributed by atoms with Crippen LogP contribution in [0.3, 0.4) is 0 Å². The van der Waals surface area contributed by atoms with Crippen LogP contribution in [0.15, 0.2) is 0 Å². The van der Waals surface area contributed by atoms with Gasteiger partial charge in [-0.2, -0.15) is 0 Å². The Morgan fingerprint density at radius 2 is 2.21 bits per heavy atom. The first-order valence-electron chi connectivity index (χ1n) is 6.62. The number of aliphatic hydroxyl groups excluding tert-OH is 2. The van der Waals surface area contributed by atoms with Crippen molar-refractivity contribution >= 4 is 6.09 Å². The molecule has 2 aliphatic rings. The molecular formula is C13H23NO5. The lowest BCUT2D eigenvalue weighted by atomic mass is 9.72. The largest absolute Gasteiger partial charge is 0.444 e. The molecule has 3 unspecified atom stereocenters. The second kappa shape index (κ2) is 4.92. The number of aliphatic hydroxyl groups is 2. The number of nitrogens with zero attached hydrogens (tertiary/aromatic N) is 1. The summed E-state index contributed by atoms with van der Waals surface area (Å²) in [6.07, 6.45) is -1.03. The summed E-state index contributed by atoms with van der Waals surface area (Å²) < 4.78 is 10.8. The first-order chi connectivity index (χ1) is 8.77. The SMILES string of the molecule is CC(C)(C)OC(=O)N1CC2COCC(CO)(C1)C2O. The molecule has 0 aromatic carbocycles. The zero-order chi connectivity index (χ0) is 14.3. The molecule has 2 heterocycles. The van der Waals surface area contributed by atoms with Crippen LogP contribution in [0, 0.1) is 11.3 Å². The second-order valence-corrected chi connectivity index (χ2v) is 6.60. The second-order valence-electron chi connectivity index (χ2n) is 6.60. The Hall–Kier alpha value is -0.850. The number of likely N-dealkylation sites (tertiary alicyclic amines) is 1. The van der Waals surface area contributed by atoms with Gasteiger partial charge in [-0.3, -0.25) is 0 Å². The molecule has 0 aliphatic carbocycles. The molecule has 2 fully saturated rings. The molecule has 0 saturated carbocycles. The van der Waals surface area contributed by atoms with Gasteiger partial charge in [-0.05, 0) is 20.8 Å². The maximum atomic E-state index is 12.1. The predicted octanol–water partition coefficient (Wildman–Crippen LogP) is 0.223. The molecule has 1 amide bonds. The predicted molar refractivity (Wildman–Crippen MR) is 67.6 cm³/mol. The van der Waals surface area contributed by atoms with Gasteiger partial charge in [-0.25, -0.2) is 4.79 Å². The zero-order valence-corrected chi connectivity index (χ0v) is 11.8. The first kappa shape index (κ1) is 14.6. The van der Waals surface area contributed by atoms with E-state index in [1.165, 1.54) is 0 Å². The monoisotopic (exact) mass is 273 g/mol. The molecule has 3 atom stereocenters. The Morgan fingerprint density at radius 3 is 2.79 bits per heavy atom. The fourth-order valence-electron chi connectivity index (χ4n) is 2.76. The number of amides is 1. The molecule has 2 aliphatic heterocycles. The van der Waals surface area contributed by atoms with Crippen molar-refractivity contribution in [2.75, 3.05) is 32.9 Å². The van der Waals surface area contributed by atoms with E-state index in [2.05, 4.69) is 0 Å². The topological polar surface area (TPSA) is 79.2 Å². The Labute approximate surface area is 113 Å². The van der Waals surface area contributed by atoms with Gasteiger partial charge in [-0.15, -0.1) is 0 Å². The highest BCUT2D eigenvalue weighted by Crippen LogP contribution is 2.38. The summed E-state index contributed by atoms with van der Waals surface area (Å²) in [5.41, 5.74) is -1.33. The lowest BCUT2D eigenvalue weighted by molar-refractivity contribution is -0.189. The van der Waals surface area contributed by atoms with Crippen molar-refractivity contribution in [3.63, 3.8) is 0 Å². The Kier molecular flexibility index (Phi) is 3.77.